The van der Waals surface area contributed by atoms with Crippen LogP contribution in [0, 0.1) is 0 Å². The van der Waals surface area contributed by atoms with Crippen molar-refractivity contribution >= 4 is 5.97 Å². The molecule has 0 saturated heterocycles. The summed E-state index contributed by atoms with van der Waals surface area (Å²) in [5, 5.41) is 3.95. The zero-order valence-electron chi connectivity index (χ0n) is 15.3. The fourth-order valence-corrected chi connectivity index (χ4v) is 2.53. The standard InChI is InChI=1S/C21H21NO5/c1-3-25-18-9-7-15(8-10-18)11-21(23)26-14-17-13-20(27-22-17)16-5-4-6-19(12-16)24-2/h4-10,12-13H,3,11,14H2,1-2H3. The highest BCUT2D eigenvalue weighted by Crippen LogP contribution is 2.24. The highest BCUT2D eigenvalue weighted by molar-refractivity contribution is 5.72. The van der Waals surface area contributed by atoms with Crippen LogP contribution >= 0.6 is 0 Å². The van der Waals surface area contributed by atoms with E-state index >= 15 is 0 Å². The Morgan fingerprint density at radius 2 is 1.89 bits per heavy atom. The van der Waals surface area contributed by atoms with Crippen molar-refractivity contribution in [1.29, 1.82) is 0 Å². The van der Waals surface area contributed by atoms with Crippen LogP contribution < -0.4 is 9.47 Å². The normalized spacial score (nSPS) is 10.4. The maximum absolute atomic E-state index is 12.0. The molecule has 0 spiro atoms. The molecule has 0 saturated carbocycles. The van der Waals surface area contributed by atoms with Crippen molar-refractivity contribution in [3.8, 4) is 22.8 Å². The Balaban J connectivity index is 1.54. The van der Waals surface area contributed by atoms with Crippen molar-refractivity contribution in [2.45, 2.75) is 20.0 Å². The molecule has 0 unspecified atom stereocenters. The molecule has 0 aliphatic heterocycles. The Hall–Kier alpha value is -3.28. The van der Waals surface area contributed by atoms with E-state index in [4.69, 9.17) is 18.7 Å². The van der Waals surface area contributed by atoms with Crippen LogP contribution in [0.1, 0.15) is 18.2 Å². The highest BCUT2D eigenvalue weighted by atomic mass is 16.5. The molecule has 140 valence electrons. The number of ether oxygens (including phenoxy) is 3. The van der Waals surface area contributed by atoms with Gasteiger partial charge in [-0.25, -0.2) is 0 Å². The lowest BCUT2D eigenvalue weighted by Gasteiger charge is -2.05. The van der Waals surface area contributed by atoms with Crippen molar-refractivity contribution in [3.05, 3.63) is 65.9 Å². The summed E-state index contributed by atoms with van der Waals surface area (Å²) in [6.45, 7) is 2.59. The minimum Gasteiger partial charge on any atom is -0.497 e. The minimum atomic E-state index is -0.329. The second-order valence-corrected chi connectivity index (χ2v) is 5.83. The number of rotatable bonds is 8. The van der Waals surface area contributed by atoms with Gasteiger partial charge in [0.25, 0.3) is 0 Å². The summed E-state index contributed by atoms with van der Waals surface area (Å²) in [6.07, 6.45) is 0.187. The van der Waals surface area contributed by atoms with E-state index in [2.05, 4.69) is 5.16 Å². The van der Waals surface area contributed by atoms with Crippen molar-refractivity contribution in [2.24, 2.45) is 0 Å². The monoisotopic (exact) mass is 367 g/mol. The van der Waals surface area contributed by atoms with Gasteiger partial charge in [0.05, 0.1) is 20.1 Å². The third-order valence-corrected chi connectivity index (χ3v) is 3.88. The lowest BCUT2D eigenvalue weighted by molar-refractivity contribution is -0.144. The SMILES string of the molecule is CCOc1ccc(CC(=O)OCc2cc(-c3cccc(OC)c3)on2)cc1. The van der Waals surface area contributed by atoms with Gasteiger partial charge in [0.1, 0.15) is 23.8 Å². The van der Waals surface area contributed by atoms with Crippen LogP contribution in [0.3, 0.4) is 0 Å². The molecule has 0 amide bonds. The molecule has 0 fully saturated rings. The molecule has 6 heteroatoms. The Bertz CT molecular complexity index is 886. The molecule has 0 radical (unpaired) electrons. The minimum absolute atomic E-state index is 0.0589. The second kappa shape index (κ2) is 8.89. The summed E-state index contributed by atoms with van der Waals surface area (Å²) in [7, 11) is 1.61. The first-order valence-electron chi connectivity index (χ1n) is 8.65. The van der Waals surface area contributed by atoms with Gasteiger partial charge in [-0.3, -0.25) is 4.79 Å². The molecule has 6 nitrogen and oxygen atoms in total. The van der Waals surface area contributed by atoms with Gasteiger partial charge < -0.3 is 18.7 Å². The topological polar surface area (TPSA) is 70.8 Å². The molecule has 0 N–H and O–H groups in total. The van der Waals surface area contributed by atoms with E-state index in [1.807, 2.05) is 55.5 Å². The first kappa shape index (κ1) is 18.5. The first-order valence-corrected chi connectivity index (χ1v) is 8.65. The Morgan fingerprint density at radius 1 is 1.07 bits per heavy atom. The summed E-state index contributed by atoms with van der Waals surface area (Å²) >= 11 is 0. The van der Waals surface area contributed by atoms with Gasteiger partial charge >= 0.3 is 5.97 Å². The van der Waals surface area contributed by atoms with Crippen molar-refractivity contribution < 1.29 is 23.5 Å². The van der Waals surface area contributed by atoms with Crippen LogP contribution in [-0.4, -0.2) is 24.8 Å². The average molecular weight is 367 g/mol. The number of hydrogen-bond donors (Lipinski definition) is 0. The number of benzene rings is 2. The average Bonchev–Trinajstić information content (AvgIpc) is 3.17. The summed E-state index contributed by atoms with van der Waals surface area (Å²) in [5.74, 6) is 1.77. The molecule has 2 aromatic carbocycles. The quantitative estimate of drug-likeness (QED) is 0.560. The number of carbonyl (C=O) groups is 1. The second-order valence-electron chi connectivity index (χ2n) is 5.83. The van der Waals surface area contributed by atoms with Crippen LogP contribution in [0.25, 0.3) is 11.3 Å². The van der Waals surface area contributed by atoms with E-state index in [-0.39, 0.29) is 19.0 Å². The summed E-state index contributed by atoms with van der Waals surface area (Å²) in [5.41, 5.74) is 2.25. The fourth-order valence-electron chi connectivity index (χ4n) is 2.53. The molecule has 3 aromatic rings. The van der Waals surface area contributed by atoms with Crippen LogP contribution in [0.15, 0.2) is 59.1 Å². The predicted octanol–water partition coefficient (Wildman–Crippen LogP) is 4.03. The molecular formula is C21H21NO5. The molecule has 1 aromatic heterocycles. The molecule has 0 aliphatic carbocycles. The summed E-state index contributed by atoms with van der Waals surface area (Å²) < 4.78 is 21.2. The Morgan fingerprint density at radius 3 is 2.63 bits per heavy atom. The smallest absolute Gasteiger partial charge is 0.310 e. The van der Waals surface area contributed by atoms with E-state index in [9.17, 15) is 4.79 Å². The summed E-state index contributed by atoms with van der Waals surface area (Å²) in [6, 6.07) is 16.6. The van der Waals surface area contributed by atoms with Gasteiger partial charge in [-0.2, -0.15) is 0 Å². The van der Waals surface area contributed by atoms with Crippen LogP contribution in [0.2, 0.25) is 0 Å². The number of carbonyl (C=O) groups excluding carboxylic acids is 1. The van der Waals surface area contributed by atoms with Gasteiger partial charge in [-0.15, -0.1) is 0 Å². The third-order valence-electron chi connectivity index (χ3n) is 3.88. The van der Waals surface area contributed by atoms with E-state index in [0.717, 1.165) is 22.6 Å². The highest BCUT2D eigenvalue weighted by Gasteiger charge is 2.11. The van der Waals surface area contributed by atoms with Crippen LogP contribution in [-0.2, 0) is 22.6 Å². The van der Waals surface area contributed by atoms with Crippen LogP contribution in [0.5, 0.6) is 11.5 Å². The van der Waals surface area contributed by atoms with Crippen molar-refractivity contribution in [3.63, 3.8) is 0 Å². The third kappa shape index (κ3) is 5.10. The predicted molar refractivity (Wildman–Crippen MR) is 99.6 cm³/mol. The van der Waals surface area contributed by atoms with Gasteiger partial charge in [-0.05, 0) is 36.8 Å². The molecule has 3 rings (SSSR count). The Kier molecular flexibility index (Phi) is 6.10. The van der Waals surface area contributed by atoms with E-state index in [1.54, 1.807) is 13.2 Å². The number of methoxy groups -OCH3 is 1. The number of esters is 1. The lowest BCUT2D eigenvalue weighted by Crippen LogP contribution is -2.08. The molecule has 1 heterocycles. The summed E-state index contributed by atoms with van der Waals surface area (Å²) in [4.78, 5) is 12.0. The first-order chi connectivity index (χ1) is 13.2. The van der Waals surface area contributed by atoms with Gasteiger partial charge in [0.15, 0.2) is 5.76 Å². The lowest BCUT2D eigenvalue weighted by atomic mass is 10.1. The van der Waals surface area contributed by atoms with Crippen molar-refractivity contribution in [1.82, 2.24) is 5.16 Å². The maximum atomic E-state index is 12.0. The van der Waals surface area contributed by atoms with Crippen LogP contribution in [0.4, 0.5) is 0 Å². The van der Waals surface area contributed by atoms with Crippen molar-refractivity contribution in [2.75, 3.05) is 13.7 Å². The molecular weight excluding hydrogens is 346 g/mol. The molecule has 0 bridgehead atoms. The van der Waals surface area contributed by atoms with E-state index in [0.29, 0.717) is 18.1 Å². The number of aromatic nitrogens is 1. The zero-order valence-corrected chi connectivity index (χ0v) is 15.3. The van der Waals surface area contributed by atoms with Gasteiger partial charge in [0.2, 0.25) is 0 Å². The van der Waals surface area contributed by atoms with E-state index < -0.39 is 0 Å². The molecule has 27 heavy (non-hydrogen) atoms. The number of nitrogens with zero attached hydrogens (tertiary/aromatic N) is 1. The molecule has 0 atom stereocenters. The Labute approximate surface area is 157 Å². The van der Waals surface area contributed by atoms with Gasteiger partial charge in [0, 0.05) is 11.6 Å². The fraction of sp³-hybridized carbons (Fsp3) is 0.238. The molecule has 0 aliphatic rings. The maximum Gasteiger partial charge on any atom is 0.310 e. The van der Waals surface area contributed by atoms with Gasteiger partial charge in [-0.1, -0.05) is 29.4 Å². The number of hydrogen-bond acceptors (Lipinski definition) is 6. The largest absolute Gasteiger partial charge is 0.497 e. The van der Waals surface area contributed by atoms with E-state index in [1.165, 1.54) is 0 Å². The zero-order chi connectivity index (χ0) is 19.1.